The SMILES string of the molecule is CCCCCCCCCCSC(C)C(=O)OCCOC(=O)CCN(CCCN(C)C)CCCN(CCC(=O)OCCOC(=O)C(C)SCCCCCCCCCC)CCC(=O)OCCOC(=O)C(C)SCCCCCCCCCC. The second-order valence-electron chi connectivity index (χ2n) is 21.6. The number of rotatable bonds is 59. The zero-order valence-corrected chi connectivity index (χ0v) is 54.5. The van der Waals surface area contributed by atoms with Gasteiger partial charge in [-0.15, -0.1) is 35.3 Å². The molecule has 0 heterocycles. The summed E-state index contributed by atoms with van der Waals surface area (Å²) in [6, 6.07) is 0. The van der Waals surface area contributed by atoms with Gasteiger partial charge in [0, 0.05) is 19.6 Å². The largest absolute Gasteiger partial charge is 0.462 e. The maximum atomic E-state index is 12.9. The van der Waals surface area contributed by atoms with E-state index in [2.05, 4.69) is 30.6 Å². The highest BCUT2D eigenvalue weighted by Gasteiger charge is 2.19. The Bertz CT molecular complexity index is 1450. The molecule has 0 saturated carbocycles. The summed E-state index contributed by atoms with van der Waals surface area (Å²) in [6.07, 6.45) is 31.7. The van der Waals surface area contributed by atoms with E-state index >= 15 is 0 Å². The fourth-order valence-electron chi connectivity index (χ4n) is 8.70. The Hall–Kier alpha value is -2.25. The molecule has 0 aliphatic carbocycles. The molecule has 0 fully saturated rings. The van der Waals surface area contributed by atoms with Crippen LogP contribution in [0.4, 0.5) is 0 Å². The fourth-order valence-corrected chi connectivity index (χ4v) is 11.5. The quantitative estimate of drug-likeness (QED) is 0.0320. The molecular formula is C62H117N3O12S3. The van der Waals surface area contributed by atoms with Crippen LogP contribution in [0, 0.1) is 0 Å². The van der Waals surface area contributed by atoms with E-state index in [0.29, 0.717) is 39.1 Å². The molecule has 0 amide bonds. The van der Waals surface area contributed by atoms with Crippen molar-refractivity contribution >= 4 is 71.1 Å². The standard InChI is InChI=1S/C62H117N3O12S3/c1-9-12-15-18-21-24-27-30-51-78-54(4)60(69)75-48-45-72-57(66)35-42-64(39-33-38-63(7)8)40-34-41-65(43-36-58(67)73-46-49-76-61(70)55(5)79-52-31-28-25-22-19-16-13-10-2)44-37-59(68)74-47-50-77-62(71)56(6)80-53-32-29-26-23-20-17-14-11-3/h54-56H,9-53H2,1-8H3. The van der Waals surface area contributed by atoms with Crippen LogP contribution in [-0.2, 0) is 57.2 Å². The van der Waals surface area contributed by atoms with E-state index in [1.54, 1.807) is 35.3 Å². The zero-order chi connectivity index (χ0) is 59.1. The zero-order valence-electron chi connectivity index (χ0n) is 52.0. The Morgan fingerprint density at radius 1 is 0.312 bits per heavy atom. The van der Waals surface area contributed by atoms with Gasteiger partial charge in [-0.3, -0.25) is 28.8 Å². The van der Waals surface area contributed by atoms with E-state index in [9.17, 15) is 28.8 Å². The summed E-state index contributed by atoms with van der Waals surface area (Å²) in [4.78, 5) is 82.8. The summed E-state index contributed by atoms with van der Waals surface area (Å²) in [5, 5.41) is -0.851. The molecule has 470 valence electrons. The van der Waals surface area contributed by atoms with E-state index < -0.39 is 11.9 Å². The minimum absolute atomic E-state index is 0.00631. The van der Waals surface area contributed by atoms with Crippen molar-refractivity contribution < 1.29 is 57.2 Å². The van der Waals surface area contributed by atoms with Crippen LogP contribution in [0.25, 0.3) is 0 Å². The van der Waals surface area contributed by atoms with Crippen molar-refractivity contribution in [3.05, 3.63) is 0 Å². The summed E-state index contributed by atoms with van der Waals surface area (Å²) < 4.78 is 32.6. The minimum Gasteiger partial charge on any atom is -0.462 e. The average molecular weight is 1190 g/mol. The third kappa shape index (κ3) is 51.4. The molecule has 3 atom stereocenters. The number of esters is 6. The topological polar surface area (TPSA) is 168 Å². The van der Waals surface area contributed by atoms with Crippen LogP contribution in [0.2, 0.25) is 0 Å². The molecule has 0 bridgehead atoms. The molecule has 15 nitrogen and oxygen atoms in total. The average Bonchev–Trinajstić information content (AvgIpc) is 3.44. The smallest absolute Gasteiger partial charge is 0.318 e. The van der Waals surface area contributed by atoms with E-state index in [4.69, 9.17) is 28.4 Å². The minimum atomic E-state index is -0.432. The highest BCUT2D eigenvalue weighted by atomic mass is 32.2. The first-order valence-corrected chi connectivity index (χ1v) is 34.8. The molecule has 0 aromatic rings. The molecule has 3 unspecified atom stereocenters. The van der Waals surface area contributed by atoms with Crippen molar-refractivity contribution in [1.82, 2.24) is 14.7 Å². The number of unbranched alkanes of at least 4 members (excludes halogenated alkanes) is 21. The molecule has 0 aliphatic heterocycles. The summed E-state index contributed by atoms with van der Waals surface area (Å²) in [5.74, 6) is 0.606. The third-order valence-corrected chi connectivity index (χ3v) is 17.4. The number of carbonyl (C=O) groups is 6. The van der Waals surface area contributed by atoms with Gasteiger partial charge in [0.15, 0.2) is 0 Å². The van der Waals surface area contributed by atoms with Crippen LogP contribution in [0.1, 0.15) is 228 Å². The van der Waals surface area contributed by atoms with Crippen LogP contribution in [-0.4, -0.2) is 183 Å². The first kappa shape index (κ1) is 77.8. The van der Waals surface area contributed by atoms with Crippen molar-refractivity contribution in [1.29, 1.82) is 0 Å². The van der Waals surface area contributed by atoms with Crippen LogP contribution < -0.4 is 0 Å². The molecule has 0 radical (unpaired) electrons. The first-order valence-electron chi connectivity index (χ1n) is 31.6. The molecule has 0 aromatic heterocycles. The lowest BCUT2D eigenvalue weighted by Gasteiger charge is -2.26. The number of hydrogen-bond donors (Lipinski definition) is 0. The molecule has 0 rings (SSSR count). The number of thioether (sulfide) groups is 3. The number of hydrogen-bond acceptors (Lipinski definition) is 18. The maximum Gasteiger partial charge on any atom is 0.318 e. The van der Waals surface area contributed by atoms with Gasteiger partial charge in [-0.25, -0.2) is 0 Å². The summed E-state index contributed by atoms with van der Waals surface area (Å²) in [6.45, 7) is 16.2. The van der Waals surface area contributed by atoms with E-state index in [-0.39, 0.29) is 98.5 Å². The monoisotopic (exact) mass is 1190 g/mol. The maximum absolute atomic E-state index is 12.9. The molecule has 80 heavy (non-hydrogen) atoms. The van der Waals surface area contributed by atoms with Gasteiger partial charge in [-0.05, 0) is 110 Å². The molecule has 0 N–H and O–H groups in total. The summed E-state index contributed by atoms with van der Waals surface area (Å²) in [5.41, 5.74) is 0. The Balaban J connectivity index is 5.13. The van der Waals surface area contributed by atoms with Crippen molar-refractivity contribution in [2.45, 2.75) is 243 Å². The van der Waals surface area contributed by atoms with Crippen LogP contribution in [0.3, 0.4) is 0 Å². The number of ether oxygens (including phenoxy) is 6. The predicted octanol–water partition coefficient (Wildman–Crippen LogP) is 13.1. The van der Waals surface area contributed by atoms with Crippen LogP contribution in [0.5, 0.6) is 0 Å². The molecule has 0 saturated heterocycles. The van der Waals surface area contributed by atoms with Crippen molar-refractivity contribution in [3.63, 3.8) is 0 Å². The van der Waals surface area contributed by atoms with Crippen molar-refractivity contribution in [3.8, 4) is 0 Å². The van der Waals surface area contributed by atoms with E-state index in [0.717, 1.165) is 56.0 Å². The third-order valence-electron chi connectivity index (χ3n) is 13.8. The Morgan fingerprint density at radius 2 is 0.550 bits per heavy atom. The highest BCUT2D eigenvalue weighted by Crippen LogP contribution is 2.19. The molecule has 0 aromatic carbocycles. The van der Waals surface area contributed by atoms with Gasteiger partial charge in [-0.2, -0.15) is 0 Å². The van der Waals surface area contributed by atoms with Gasteiger partial charge in [0.2, 0.25) is 0 Å². The number of carbonyl (C=O) groups excluding carboxylic acids is 6. The summed E-state index contributed by atoms with van der Waals surface area (Å²) >= 11 is 4.80. The Kier molecular flexibility index (Phi) is 55.6. The Morgan fingerprint density at radius 3 is 0.825 bits per heavy atom. The molecular weight excluding hydrogens is 1070 g/mol. The van der Waals surface area contributed by atoms with Gasteiger partial charge < -0.3 is 43.1 Å². The van der Waals surface area contributed by atoms with E-state index in [1.807, 2.05) is 39.8 Å². The predicted molar refractivity (Wildman–Crippen MR) is 334 cm³/mol. The first-order chi connectivity index (χ1) is 38.7. The van der Waals surface area contributed by atoms with Crippen molar-refractivity contribution in [2.75, 3.05) is 117 Å². The van der Waals surface area contributed by atoms with Crippen molar-refractivity contribution in [2.24, 2.45) is 0 Å². The molecule has 0 aliphatic rings. The van der Waals surface area contributed by atoms with Gasteiger partial charge in [-0.1, -0.05) is 156 Å². The van der Waals surface area contributed by atoms with Gasteiger partial charge in [0.05, 0.1) is 35.0 Å². The molecule has 18 heteroatoms. The fraction of sp³-hybridized carbons (Fsp3) is 0.903. The van der Waals surface area contributed by atoms with Crippen LogP contribution in [0.15, 0.2) is 0 Å². The van der Waals surface area contributed by atoms with Crippen LogP contribution >= 0.6 is 35.3 Å². The van der Waals surface area contributed by atoms with Gasteiger partial charge in [0.1, 0.15) is 39.6 Å². The lowest BCUT2D eigenvalue weighted by atomic mass is 10.1. The second kappa shape index (κ2) is 57.2. The Labute approximate surface area is 500 Å². The second-order valence-corrected chi connectivity index (χ2v) is 25.9. The highest BCUT2D eigenvalue weighted by molar-refractivity contribution is 8.01. The van der Waals surface area contributed by atoms with Gasteiger partial charge in [0.25, 0.3) is 0 Å². The summed E-state index contributed by atoms with van der Waals surface area (Å²) in [7, 11) is 4.05. The normalized spacial score (nSPS) is 12.6. The molecule has 0 spiro atoms. The van der Waals surface area contributed by atoms with E-state index in [1.165, 1.54) is 135 Å². The van der Waals surface area contributed by atoms with Gasteiger partial charge >= 0.3 is 35.8 Å². The number of nitrogens with zero attached hydrogens (tertiary/aromatic N) is 3. The lowest BCUT2D eigenvalue weighted by molar-refractivity contribution is -0.152. The lowest BCUT2D eigenvalue weighted by Crippen LogP contribution is -2.35.